The highest BCUT2D eigenvalue weighted by Crippen LogP contribution is 2.31. The molecule has 2 aliphatic heterocycles. The lowest BCUT2D eigenvalue weighted by atomic mass is 9.87. The number of aromatic nitrogens is 16. The van der Waals surface area contributed by atoms with Gasteiger partial charge in [-0.1, -0.05) is 116 Å². The zero-order chi connectivity index (χ0) is 71.7. The monoisotopic (exact) mass is 1490 g/mol. The summed E-state index contributed by atoms with van der Waals surface area (Å²) in [6, 6.07) is 19.8. The molecule has 2 saturated heterocycles. The van der Waals surface area contributed by atoms with Crippen molar-refractivity contribution < 1.29 is 14.7 Å². The molecule has 0 unspecified atom stereocenters. The summed E-state index contributed by atoms with van der Waals surface area (Å²) in [6.07, 6.45) is 41.2. The number of carboxylic acid groups (broad SMARTS) is 1. The number of benzene rings is 2. The molecular formula is C73H85Cl5N22O3. The van der Waals surface area contributed by atoms with Crippen molar-refractivity contribution in [3.63, 3.8) is 0 Å². The van der Waals surface area contributed by atoms with Gasteiger partial charge in [0.2, 0.25) is 0 Å². The molecule has 540 valence electrons. The summed E-state index contributed by atoms with van der Waals surface area (Å²) in [5.41, 5.74) is 10.6. The van der Waals surface area contributed by atoms with Gasteiger partial charge in [0.1, 0.15) is 20.6 Å². The minimum absolute atomic E-state index is 0. The Morgan fingerprint density at radius 1 is 0.456 bits per heavy atom. The smallest absolute Gasteiger partial charge is 0.336 e. The minimum Gasteiger partial charge on any atom is -0.478 e. The molecule has 7 N–H and O–H groups in total. The fourth-order valence-electron chi connectivity index (χ4n) is 12.5. The van der Waals surface area contributed by atoms with Gasteiger partial charge >= 0.3 is 5.97 Å². The molecule has 12 heterocycles. The minimum atomic E-state index is -0.974. The van der Waals surface area contributed by atoms with Crippen molar-refractivity contribution in [2.24, 2.45) is 17.6 Å². The summed E-state index contributed by atoms with van der Waals surface area (Å²) in [5.74, 6) is 4.06. The SMILES string of the molecule is C.CC1CCC(N)CC1.CC1CCC(Nc2nccn3c(Cl)cnc23)CC1.C[C@@H]1CC[C@@H](Nc2nccn3c(Cl)cnc23)CN1.C[C@@H]1CC[C@@H](Nc2nccn3c(Cl)cnc23)CN1C(=O)c1ccccc1-c1ncccn1.Clc1nccn2c(Cl)cnc12.O=C(O)c1ccccc1-c1ncccn1. The highest BCUT2D eigenvalue weighted by atomic mass is 35.5. The van der Waals surface area contributed by atoms with Crippen LogP contribution in [0.3, 0.4) is 0 Å². The highest BCUT2D eigenvalue weighted by Gasteiger charge is 2.32. The van der Waals surface area contributed by atoms with Gasteiger partial charge < -0.3 is 37.0 Å². The lowest BCUT2D eigenvalue weighted by Crippen LogP contribution is -2.49. The van der Waals surface area contributed by atoms with E-state index < -0.39 is 5.97 Å². The van der Waals surface area contributed by atoms with Gasteiger partial charge in [0.15, 0.2) is 56.8 Å². The summed E-state index contributed by atoms with van der Waals surface area (Å²) < 4.78 is 7.12. The van der Waals surface area contributed by atoms with E-state index in [9.17, 15) is 9.59 Å². The van der Waals surface area contributed by atoms with Crippen molar-refractivity contribution in [2.45, 2.75) is 148 Å². The predicted molar refractivity (Wildman–Crippen MR) is 408 cm³/mol. The van der Waals surface area contributed by atoms with Crippen LogP contribution >= 0.6 is 58.0 Å². The third kappa shape index (κ3) is 20.0. The quantitative estimate of drug-likeness (QED) is 0.0741. The van der Waals surface area contributed by atoms with Crippen LogP contribution in [0, 0.1) is 11.8 Å². The van der Waals surface area contributed by atoms with Crippen LogP contribution in [0.5, 0.6) is 0 Å². The van der Waals surface area contributed by atoms with Crippen molar-refractivity contribution >= 4 is 110 Å². The Hall–Kier alpha value is -9.21. The van der Waals surface area contributed by atoms with Crippen molar-refractivity contribution in [1.82, 2.24) is 87.6 Å². The molecular weight excluding hydrogens is 1410 g/mol. The van der Waals surface area contributed by atoms with E-state index >= 15 is 0 Å². The number of hydrogen-bond donors (Lipinski definition) is 6. The number of nitrogens with one attached hydrogen (secondary N) is 4. The van der Waals surface area contributed by atoms with E-state index in [1.165, 1.54) is 70.1 Å². The number of imidazole rings is 4. The molecule has 1 amide bonds. The maximum atomic E-state index is 13.6. The summed E-state index contributed by atoms with van der Waals surface area (Å²) in [5, 5.41) is 25.5. The van der Waals surface area contributed by atoms with Gasteiger partial charge in [-0.25, -0.2) is 64.6 Å². The van der Waals surface area contributed by atoms with E-state index in [4.69, 9.17) is 68.8 Å². The van der Waals surface area contributed by atoms with E-state index in [1.54, 1.807) is 120 Å². The van der Waals surface area contributed by atoms with Gasteiger partial charge in [-0.05, 0) is 127 Å². The number of nitrogens with two attached hydrogens (primary N) is 1. The Bertz CT molecular complexity index is 4580. The molecule has 12 aromatic rings. The Kier molecular flexibility index (Phi) is 27.3. The average Bonchev–Trinajstić information content (AvgIpc) is 1.73. The first-order valence-electron chi connectivity index (χ1n) is 34.1. The number of hydrogen-bond acceptors (Lipinski definition) is 19. The molecule has 25 nitrogen and oxygen atoms in total. The molecule has 2 aromatic carbocycles. The van der Waals surface area contributed by atoms with Crippen LogP contribution in [0.4, 0.5) is 17.5 Å². The fraction of sp³-hybridized carbons (Fsp3) is 0.370. The molecule has 4 atom stereocenters. The lowest BCUT2D eigenvalue weighted by molar-refractivity contribution is 0.0621. The number of piperidine rings is 2. The van der Waals surface area contributed by atoms with Crippen LogP contribution < -0.4 is 27.0 Å². The van der Waals surface area contributed by atoms with Gasteiger partial charge in [0.25, 0.3) is 5.91 Å². The summed E-state index contributed by atoms with van der Waals surface area (Å²) in [7, 11) is 0. The van der Waals surface area contributed by atoms with Crippen molar-refractivity contribution in [1.29, 1.82) is 0 Å². The second-order valence-electron chi connectivity index (χ2n) is 25.8. The molecule has 0 radical (unpaired) electrons. The molecule has 103 heavy (non-hydrogen) atoms. The van der Waals surface area contributed by atoms with Crippen LogP contribution in [-0.4, -0.2) is 149 Å². The van der Waals surface area contributed by atoms with Gasteiger partial charge in [-0.15, -0.1) is 0 Å². The zero-order valence-electron chi connectivity index (χ0n) is 56.9. The maximum Gasteiger partial charge on any atom is 0.336 e. The standard InChI is InChI=1S/C23H22ClN7O.C13H17ClN4.C12H16ClN5.C11H8N2O2.C7H15N.C6H3Cl2N3.CH4/c1-15-7-8-16(29-21-22-28-13-19(24)30(22)12-11-27-21)14-31(15)23(32)18-6-3-2-5-17(18)20-25-9-4-10-26-20;1-9-2-4-10(5-3-9)17-12-13-16-8-11(14)18(13)7-6-15-12;1-8-2-3-9(6-15-8)17-11-12-16-7-10(13)18(12)5-4-14-11;14-11(15)9-5-2-1-4-8(9)10-12-6-3-7-13-10;1-6-2-4-7(8)5-3-6;7-4-3-10-6-5(8)9-1-2-11(4)6;/h2-6,9-13,15-16H,7-8,14H2,1H3,(H,27,29);6-10H,2-5H2,1H3,(H,15,17);4-5,7-9,15H,2-3,6H2,1H3,(H,14,17);1-7H,(H,14,15);6-7H,2-5,8H2,1H3;1-3H;1H4/t15-,16-;;8-,9-;;;;/m1.1..../s1. The van der Waals surface area contributed by atoms with Gasteiger partial charge in [0, 0.05) is 135 Å². The van der Waals surface area contributed by atoms with Gasteiger partial charge in [0.05, 0.1) is 35.9 Å². The normalized spacial score (nSPS) is 20.0. The Morgan fingerprint density at radius 2 is 0.854 bits per heavy atom. The lowest BCUT2D eigenvalue weighted by Gasteiger charge is -2.38. The highest BCUT2D eigenvalue weighted by molar-refractivity contribution is 6.33. The average molecular weight is 1500 g/mol. The number of amides is 1. The molecule has 0 spiro atoms. The van der Waals surface area contributed by atoms with Crippen molar-refractivity contribution in [3.8, 4) is 22.8 Å². The Labute approximate surface area is 622 Å². The van der Waals surface area contributed by atoms with Crippen molar-refractivity contribution in [3.05, 3.63) is 197 Å². The van der Waals surface area contributed by atoms with Crippen LogP contribution in [-0.2, 0) is 0 Å². The summed E-state index contributed by atoms with van der Waals surface area (Å²) in [6.45, 7) is 10.4. The maximum absolute atomic E-state index is 13.6. The number of halogens is 5. The van der Waals surface area contributed by atoms with Crippen LogP contribution in [0.15, 0.2) is 160 Å². The third-order valence-electron chi connectivity index (χ3n) is 18.3. The largest absolute Gasteiger partial charge is 0.478 e. The first-order chi connectivity index (χ1) is 49.5. The molecule has 16 rings (SSSR count). The molecule has 30 heteroatoms. The predicted octanol–water partition coefficient (Wildman–Crippen LogP) is 15.3. The van der Waals surface area contributed by atoms with Gasteiger partial charge in [-0.3, -0.25) is 22.4 Å². The number of fused-ring (bicyclic) bond motifs is 4. The number of carbonyl (C=O) groups is 2. The van der Waals surface area contributed by atoms with E-state index in [-0.39, 0.29) is 31.0 Å². The third-order valence-corrected chi connectivity index (χ3v) is 19.7. The van der Waals surface area contributed by atoms with Crippen LogP contribution in [0.2, 0.25) is 25.8 Å². The van der Waals surface area contributed by atoms with Crippen LogP contribution in [0.25, 0.3) is 45.4 Å². The summed E-state index contributed by atoms with van der Waals surface area (Å²) in [4.78, 5) is 77.1. The second-order valence-corrected chi connectivity index (χ2v) is 27.7. The molecule has 4 aliphatic rings. The topological polar surface area (TPSA) is 304 Å². The fourth-order valence-corrected chi connectivity index (χ4v) is 13.4. The zero-order valence-corrected chi connectivity index (χ0v) is 60.6. The first-order valence-corrected chi connectivity index (χ1v) is 36.0. The number of nitrogens with zero attached hydrogens (tertiary/aromatic N) is 17. The van der Waals surface area contributed by atoms with E-state index in [0.717, 1.165) is 66.1 Å². The van der Waals surface area contributed by atoms with E-state index in [1.807, 2.05) is 50.4 Å². The van der Waals surface area contributed by atoms with Crippen molar-refractivity contribution in [2.75, 3.05) is 29.0 Å². The Morgan fingerprint density at radius 3 is 1.31 bits per heavy atom. The van der Waals surface area contributed by atoms with E-state index in [0.29, 0.717) is 96.4 Å². The number of likely N-dealkylation sites (tertiary alicyclic amines) is 1. The molecule has 2 aliphatic carbocycles. The number of carboxylic acids is 1. The number of rotatable bonds is 10. The van der Waals surface area contributed by atoms with Crippen LogP contribution in [0.1, 0.15) is 133 Å². The number of anilines is 3. The molecule has 10 aromatic heterocycles. The molecule has 0 bridgehead atoms. The summed E-state index contributed by atoms with van der Waals surface area (Å²) >= 11 is 29.8. The molecule has 4 fully saturated rings. The number of carbonyl (C=O) groups excluding carboxylic acids is 1. The number of aromatic carboxylic acids is 1. The molecule has 2 saturated carbocycles. The van der Waals surface area contributed by atoms with Gasteiger partial charge in [-0.2, -0.15) is 0 Å². The van der Waals surface area contributed by atoms with E-state index in [2.05, 4.69) is 109 Å². The first kappa shape index (κ1) is 76.4. The Balaban J connectivity index is 0.000000140. The second kappa shape index (κ2) is 36.8.